The molecule has 0 radical (unpaired) electrons. The molecule has 7 rings (SSSR count). The second-order valence-corrected chi connectivity index (χ2v) is 32.8. The number of fused-ring (bicyclic) bond motifs is 3. The van der Waals surface area contributed by atoms with Gasteiger partial charge in [-0.25, -0.2) is 8.78 Å². The molecule has 3 heterocycles. The number of hydrogen-bond acceptors (Lipinski definition) is 13. The number of hydrogen-bond donors (Lipinski definition) is 3. The van der Waals surface area contributed by atoms with Gasteiger partial charge in [-0.1, -0.05) is 111 Å². The Bertz CT molecular complexity index is 3150. The fourth-order valence-electron chi connectivity index (χ4n) is 17.8. The van der Waals surface area contributed by atoms with Gasteiger partial charge in [-0.15, -0.1) is 0 Å². The SMILES string of the molecule is CCCOC[C@H]1C(=O)N[C@@H]([C@@H](C)CC)C(=O)N(C)CC(=O)N(C)[C@H]2C/C=C\CCN(C2=O)[C@@H](CC2CCC(C)CC2)C(=O)N(C)CC(=O)N[C@@H](CCC2CC(F)C(C(F)(F)F)C(F)C2)C(=O)N2C[C@H](CCC)C[C@H]2CC(=O)NC2(CCCC2)C(=O)N(C)[C@@H](C2CCCC2)C(=O)N(C)[C@H](C(=O)N(C)C)CC(=O)N1C. The van der Waals surface area contributed by atoms with Gasteiger partial charge in [0.1, 0.15) is 66.1 Å². The van der Waals surface area contributed by atoms with Crippen molar-refractivity contribution in [2.75, 3.05) is 95.8 Å². The van der Waals surface area contributed by atoms with Crippen molar-refractivity contribution in [1.29, 1.82) is 0 Å². The first-order valence-corrected chi connectivity index (χ1v) is 39.8. The lowest BCUT2D eigenvalue weighted by Gasteiger charge is -2.41. The number of likely N-dealkylation sites (N-methyl/N-ethyl adjacent to an activating group) is 7. The molecule has 7 aliphatic rings. The zero-order valence-corrected chi connectivity index (χ0v) is 66.3. The van der Waals surface area contributed by atoms with Crippen molar-refractivity contribution in [3.63, 3.8) is 0 Å². The number of halogens is 5. The Hall–Kier alpha value is -7.01. The third-order valence-electron chi connectivity index (χ3n) is 24.6. The minimum absolute atomic E-state index is 0.0168. The Morgan fingerprint density at radius 2 is 1.29 bits per heavy atom. The van der Waals surface area contributed by atoms with Crippen LogP contribution in [0, 0.1) is 41.4 Å². The highest BCUT2D eigenvalue weighted by Gasteiger charge is 2.55. The van der Waals surface area contributed by atoms with E-state index in [1.807, 2.05) is 26.8 Å². The van der Waals surface area contributed by atoms with Gasteiger partial charge in [0.2, 0.25) is 70.9 Å². The van der Waals surface area contributed by atoms with Gasteiger partial charge in [-0.3, -0.25) is 57.5 Å². The number of ether oxygens (including phenoxy) is 1. The van der Waals surface area contributed by atoms with Crippen LogP contribution in [-0.2, 0) is 62.3 Å². The van der Waals surface area contributed by atoms with Gasteiger partial charge in [0, 0.05) is 88.5 Å². The van der Waals surface area contributed by atoms with E-state index < -0.39 is 199 Å². The molecule has 3 N–H and O–H groups in total. The van der Waals surface area contributed by atoms with E-state index in [0.29, 0.717) is 70.1 Å². The molecule has 0 aromatic heterocycles. The predicted molar refractivity (Wildman–Crippen MR) is 395 cm³/mol. The van der Waals surface area contributed by atoms with E-state index in [-0.39, 0.29) is 83.1 Å². The molecular weight excluding hydrogens is 1410 g/mol. The van der Waals surface area contributed by atoms with E-state index >= 15 is 37.5 Å². The van der Waals surface area contributed by atoms with E-state index in [0.717, 1.165) is 58.1 Å². The maximum Gasteiger partial charge on any atom is 0.397 e. The fourth-order valence-corrected chi connectivity index (χ4v) is 17.8. The van der Waals surface area contributed by atoms with Crippen LogP contribution >= 0.6 is 0 Å². The van der Waals surface area contributed by atoms with Gasteiger partial charge < -0.3 is 64.8 Å². The summed E-state index contributed by atoms with van der Waals surface area (Å²) < 4.78 is 78.9. The molecule has 12 amide bonds. The lowest BCUT2D eigenvalue weighted by Crippen LogP contribution is -2.63. The second kappa shape index (κ2) is 39.8. The number of nitrogens with zero attached hydrogens (tertiary/aromatic N) is 9. The molecule has 12 atom stereocenters. The molecule has 2 saturated heterocycles. The van der Waals surface area contributed by atoms with Crippen LogP contribution in [0.3, 0.4) is 0 Å². The largest absolute Gasteiger partial charge is 0.397 e. The van der Waals surface area contributed by atoms with Crippen LogP contribution in [-0.4, -0.2) is 283 Å². The maximum atomic E-state index is 15.6. The van der Waals surface area contributed by atoms with Crippen molar-refractivity contribution in [2.24, 2.45) is 41.4 Å². The van der Waals surface area contributed by atoms with Crippen molar-refractivity contribution in [1.82, 2.24) is 60.0 Å². The zero-order chi connectivity index (χ0) is 79.8. The van der Waals surface area contributed by atoms with E-state index in [2.05, 4.69) is 22.9 Å². The molecule has 6 fully saturated rings. The minimum atomic E-state index is -5.15. The first-order valence-electron chi connectivity index (χ1n) is 39.8. The quantitative estimate of drug-likeness (QED) is 0.0849. The Balaban J connectivity index is 1.31. The lowest BCUT2D eigenvalue weighted by atomic mass is 9.76. The highest BCUT2D eigenvalue weighted by atomic mass is 19.4. The van der Waals surface area contributed by atoms with Gasteiger partial charge in [-0.05, 0) is 125 Å². The number of carbonyl (C=O) groups is 12. The fraction of sp³-hybridized carbons (Fsp3) is 0.821. The van der Waals surface area contributed by atoms with Crippen molar-refractivity contribution in [3.05, 3.63) is 12.2 Å². The average molecular weight is 1530 g/mol. The van der Waals surface area contributed by atoms with Gasteiger partial charge >= 0.3 is 6.18 Å². The van der Waals surface area contributed by atoms with Crippen LogP contribution in [0.5, 0.6) is 0 Å². The summed E-state index contributed by atoms with van der Waals surface area (Å²) in [5.74, 6) is -12.7. The third-order valence-corrected chi connectivity index (χ3v) is 24.6. The minimum Gasteiger partial charge on any atom is -0.379 e. The first-order chi connectivity index (χ1) is 51.0. The van der Waals surface area contributed by atoms with E-state index in [9.17, 15) is 41.9 Å². The lowest BCUT2D eigenvalue weighted by molar-refractivity contribution is -0.219. The number of nitrogens with one attached hydrogen (secondary N) is 3. The monoisotopic (exact) mass is 1530 g/mol. The van der Waals surface area contributed by atoms with Crippen LogP contribution < -0.4 is 16.0 Å². The molecule has 0 aromatic rings. The molecule has 610 valence electrons. The molecule has 4 aliphatic carbocycles. The summed E-state index contributed by atoms with van der Waals surface area (Å²) in [5, 5.41) is 8.73. The smallest absolute Gasteiger partial charge is 0.379 e. The van der Waals surface area contributed by atoms with Crippen LogP contribution in [0.4, 0.5) is 22.0 Å². The van der Waals surface area contributed by atoms with Crippen molar-refractivity contribution >= 4 is 70.9 Å². The first kappa shape index (κ1) is 88.2. The molecule has 2 bridgehead atoms. The Morgan fingerprint density at radius 1 is 0.648 bits per heavy atom. The summed E-state index contributed by atoms with van der Waals surface area (Å²) in [6, 6.07) is -10.1. The van der Waals surface area contributed by atoms with E-state index in [1.165, 1.54) is 80.9 Å². The predicted octanol–water partition coefficient (Wildman–Crippen LogP) is 6.98. The van der Waals surface area contributed by atoms with Crippen LogP contribution in [0.1, 0.15) is 202 Å². The molecule has 3 aliphatic heterocycles. The van der Waals surface area contributed by atoms with Gasteiger partial charge in [0.25, 0.3) is 0 Å². The van der Waals surface area contributed by atoms with E-state index in [1.54, 1.807) is 13.0 Å². The molecule has 25 nitrogen and oxygen atoms in total. The van der Waals surface area contributed by atoms with Gasteiger partial charge in [0.15, 0.2) is 0 Å². The number of alkyl halides is 5. The summed E-state index contributed by atoms with van der Waals surface area (Å²) >= 11 is 0. The molecular formula is C78H125F5N12O13. The van der Waals surface area contributed by atoms with Crippen LogP contribution in [0.25, 0.3) is 0 Å². The normalized spacial score (nSPS) is 32.0. The van der Waals surface area contributed by atoms with Crippen molar-refractivity contribution < 1.29 is 84.2 Å². The maximum absolute atomic E-state index is 15.6. The van der Waals surface area contributed by atoms with Crippen LogP contribution in [0.2, 0.25) is 0 Å². The van der Waals surface area contributed by atoms with Gasteiger partial charge in [0.05, 0.1) is 26.1 Å². The third kappa shape index (κ3) is 22.2. The van der Waals surface area contributed by atoms with Crippen molar-refractivity contribution in [2.45, 2.75) is 274 Å². The second-order valence-electron chi connectivity index (χ2n) is 32.8. The highest BCUT2D eigenvalue weighted by Crippen LogP contribution is 2.45. The molecule has 4 saturated carbocycles. The Kier molecular flexibility index (Phi) is 32.5. The summed E-state index contributed by atoms with van der Waals surface area (Å²) in [4.78, 5) is 193. The summed E-state index contributed by atoms with van der Waals surface area (Å²) in [6.07, 6.45) is 0.595. The highest BCUT2D eigenvalue weighted by molar-refractivity contribution is 6.00. The zero-order valence-electron chi connectivity index (χ0n) is 66.3. The summed E-state index contributed by atoms with van der Waals surface area (Å²) in [5.41, 5.74) is -1.55. The Labute approximate surface area is 635 Å². The van der Waals surface area contributed by atoms with Crippen LogP contribution in [0.15, 0.2) is 12.2 Å². The van der Waals surface area contributed by atoms with E-state index in [4.69, 9.17) is 4.74 Å². The number of rotatable bonds is 15. The molecule has 0 aromatic carbocycles. The molecule has 1 spiro atoms. The van der Waals surface area contributed by atoms with Gasteiger partial charge in [-0.2, -0.15) is 13.2 Å². The number of carbonyl (C=O) groups excluding carboxylic acids is 12. The number of amides is 12. The topological polar surface area (TPSA) is 279 Å². The summed E-state index contributed by atoms with van der Waals surface area (Å²) in [7, 11) is 11.4. The van der Waals surface area contributed by atoms with Crippen molar-refractivity contribution in [3.8, 4) is 0 Å². The molecule has 30 heteroatoms. The summed E-state index contributed by atoms with van der Waals surface area (Å²) in [6.45, 7) is 8.23. The Morgan fingerprint density at radius 3 is 1.89 bits per heavy atom. The molecule has 108 heavy (non-hydrogen) atoms. The molecule has 2 unspecified atom stereocenters. The average Bonchev–Trinajstić information content (AvgIpc) is 1.56. The standard InChI is InChI=1S/C78H125F5N12O13/c1-14-24-52-38-54-42-62(96)86-77(34-21-22-35-77)76(107)93(13)68(53-25-19-20-26-53)75(106)92(12)59(71(102)87(6)7)43-64(98)91(11)61(47-108-37-15-2)69(100)85-67(49(5)16-3)74(105)89(9)46-65(99)90(10)58-27-18-17-23-36-94(73(58)104)60(41-50-30-28-48(4)29-31-50)72(103)88(8)45-63(97)84-57(70(101)95(54)44-52)33-32-51-39-55(79)66(56(80)40-51)78(81,82)83/h17-18,48-61,66-68H,14-16,19-47H2,1-13H3,(H,84,97)(H,85,100)(H,86,96)/b18-17-/t48?,49-,50?,51?,52+,54-,55?,56?,57-,58-,59-,60-,61-,66?,67-,68-/m0/s1.